The molecule has 94 valence electrons. The van der Waals surface area contributed by atoms with E-state index < -0.39 is 0 Å². The van der Waals surface area contributed by atoms with E-state index in [1.165, 1.54) is 18.4 Å². The molecule has 0 aromatic heterocycles. The van der Waals surface area contributed by atoms with E-state index in [1.54, 1.807) is 0 Å². The number of benzene rings is 1. The van der Waals surface area contributed by atoms with E-state index in [0.717, 1.165) is 24.7 Å². The van der Waals surface area contributed by atoms with E-state index in [1.807, 2.05) is 12.1 Å². The molecule has 1 aliphatic rings. The molecular formula is C14H20ClNO. The van der Waals surface area contributed by atoms with Crippen LogP contribution < -0.4 is 10.5 Å². The minimum atomic E-state index is 0.454. The molecule has 3 heteroatoms. The number of ether oxygens (including phenoxy) is 1. The van der Waals surface area contributed by atoms with Crippen molar-refractivity contribution in [2.45, 2.75) is 32.1 Å². The average Bonchev–Trinajstić information content (AvgIpc) is 3.11. The van der Waals surface area contributed by atoms with Crippen LogP contribution in [0.3, 0.4) is 0 Å². The predicted molar refractivity (Wildman–Crippen MR) is 71.8 cm³/mol. The van der Waals surface area contributed by atoms with Crippen LogP contribution in [0.4, 0.5) is 0 Å². The molecule has 0 radical (unpaired) electrons. The van der Waals surface area contributed by atoms with Crippen molar-refractivity contribution in [2.24, 2.45) is 11.7 Å². The fourth-order valence-electron chi connectivity index (χ4n) is 1.85. The summed E-state index contributed by atoms with van der Waals surface area (Å²) in [5.74, 6) is 2.01. The molecule has 0 spiro atoms. The Morgan fingerprint density at radius 1 is 1.47 bits per heavy atom. The van der Waals surface area contributed by atoms with Gasteiger partial charge in [0.2, 0.25) is 0 Å². The molecular weight excluding hydrogens is 234 g/mol. The average molecular weight is 254 g/mol. The third-order valence-electron chi connectivity index (χ3n) is 3.30. The summed E-state index contributed by atoms with van der Waals surface area (Å²) in [6.07, 6.45) is 3.57. The molecule has 2 N–H and O–H groups in total. The molecule has 1 aliphatic carbocycles. The second-order valence-electron chi connectivity index (χ2n) is 4.92. The van der Waals surface area contributed by atoms with Crippen molar-refractivity contribution in [3.05, 3.63) is 28.8 Å². The molecule has 2 rings (SSSR count). The Hall–Kier alpha value is -0.730. The zero-order valence-corrected chi connectivity index (χ0v) is 11.0. The van der Waals surface area contributed by atoms with Crippen LogP contribution in [0, 0.1) is 5.92 Å². The van der Waals surface area contributed by atoms with Crippen LogP contribution >= 0.6 is 11.6 Å². The maximum atomic E-state index is 6.22. The van der Waals surface area contributed by atoms with Gasteiger partial charge in [-0.2, -0.15) is 0 Å². The van der Waals surface area contributed by atoms with Gasteiger partial charge in [0, 0.05) is 0 Å². The number of hydrogen-bond acceptors (Lipinski definition) is 2. The Balaban J connectivity index is 1.99. The van der Waals surface area contributed by atoms with E-state index >= 15 is 0 Å². The summed E-state index contributed by atoms with van der Waals surface area (Å²) in [6.45, 7) is 3.68. The minimum Gasteiger partial charge on any atom is -0.492 e. The van der Waals surface area contributed by atoms with Crippen molar-refractivity contribution < 1.29 is 4.74 Å². The van der Waals surface area contributed by atoms with Gasteiger partial charge >= 0.3 is 0 Å². The van der Waals surface area contributed by atoms with Crippen LogP contribution in [-0.4, -0.2) is 13.2 Å². The predicted octanol–water partition coefficient (Wildman–Crippen LogP) is 3.58. The van der Waals surface area contributed by atoms with Crippen molar-refractivity contribution >= 4 is 11.6 Å². The molecule has 0 heterocycles. The minimum absolute atomic E-state index is 0.454. The lowest BCUT2D eigenvalue weighted by atomic mass is 9.98. The van der Waals surface area contributed by atoms with Crippen molar-refractivity contribution in [1.29, 1.82) is 0 Å². The molecule has 1 atom stereocenters. The van der Waals surface area contributed by atoms with Gasteiger partial charge in [0.05, 0.1) is 11.6 Å². The molecule has 1 aromatic carbocycles. The molecule has 0 aliphatic heterocycles. The van der Waals surface area contributed by atoms with Crippen LogP contribution in [0.25, 0.3) is 0 Å². The number of hydrogen-bond donors (Lipinski definition) is 1. The highest BCUT2D eigenvalue weighted by Crippen LogP contribution is 2.33. The fraction of sp³-hybridized carbons (Fsp3) is 0.571. The van der Waals surface area contributed by atoms with Gasteiger partial charge in [-0.15, -0.1) is 0 Å². The molecule has 0 bridgehead atoms. The first kappa shape index (κ1) is 12.7. The highest BCUT2D eigenvalue weighted by molar-refractivity contribution is 6.32. The first-order valence-electron chi connectivity index (χ1n) is 6.33. The summed E-state index contributed by atoms with van der Waals surface area (Å²) >= 11 is 6.22. The zero-order valence-electron chi connectivity index (χ0n) is 10.3. The zero-order chi connectivity index (χ0) is 12.3. The molecule has 1 unspecified atom stereocenters. The first-order chi connectivity index (χ1) is 8.20. The summed E-state index contributed by atoms with van der Waals surface area (Å²) in [4.78, 5) is 0. The monoisotopic (exact) mass is 253 g/mol. The van der Waals surface area contributed by atoms with Crippen molar-refractivity contribution in [2.75, 3.05) is 13.2 Å². The van der Waals surface area contributed by atoms with Crippen LogP contribution in [-0.2, 0) is 0 Å². The molecule has 1 saturated carbocycles. The van der Waals surface area contributed by atoms with Gasteiger partial charge in [-0.25, -0.2) is 0 Å². The van der Waals surface area contributed by atoms with Crippen LogP contribution in [0.2, 0.25) is 5.02 Å². The quantitative estimate of drug-likeness (QED) is 0.841. The van der Waals surface area contributed by atoms with Gasteiger partial charge in [-0.1, -0.05) is 24.6 Å². The normalized spacial score (nSPS) is 16.9. The maximum absolute atomic E-state index is 6.22. The van der Waals surface area contributed by atoms with Gasteiger partial charge in [0.1, 0.15) is 5.75 Å². The molecule has 17 heavy (non-hydrogen) atoms. The summed E-state index contributed by atoms with van der Waals surface area (Å²) < 4.78 is 5.70. The Morgan fingerprint density at radius 3 is 2.82 bits per heavy atom. The molecule has 1 aromatic rings. The highest BCUT2D eigenvalue weighted by Gasteiger charge is 2.22. The van der Waals surface area contributed by atoms with E-state index in [9.17, 15) is 0 Å². The largest absolute Gasteiger partial charge is 0.492 e. The number of nitrogens with two attached hydrogens (primary N) is 1. The van der Waals surface area contributed by atoms with Crippen LogP contribution in [0.15, 0.2) is 18.2 Å². The van der Waals surface area contributed by atoms with Crippen molar-refractivity contribution in [3.63, 3.8) is 0 Å². The van der Waals surface area contributed by atoms with Gasteiger partial charge < -0.3 is 10.5 Å². The Bertz CT molecular complexity index is 376. The van der Waals surface area contributed by atoms with E-state index in [2.05, 4.69) is 13.0 Å². The molecule has 2 nitrogen and oxygen atoms in total. The van der Waals surface area contributed by atoms with Crippen LogP contribution in [0.1, 0.15) is 37.7 Å². The standard InChI is InChI=1S/C14H20ClNO/c1-10(6-7-16)12-4-5-14(13(15)8-12)17-9-11-2-3-11/h4-5,8,10-11H,2-3,6-7,9,16H2,1H3. The number of rotatable bonds is 6. The summed E-state index contributed by atoms with van der Waals surface area (Å²) in [6, 6.07) is 6.08. The number of halogens is 1. The first-order valence-corrected chi connectivity index (χ1v) is 6.71. The summed E-state index contributed by atoms with van der Waals surface area (Å²) in [5.41, 5.74) is 6.80. The lowest BCUT2D eigenvalue weighted by Gasteiger charge is -2.13. The SMILES string of the molecule is CC(CCN)c1ccc(OCC2CC2)c(Cl)c1. The highest BCUT2D eigenvalue weighted by atomic mass is 35.5. The van der Waals surface area contributed by atoms with E-state index in [-0.39, 0.29) is 0 Å². The third-order valence-corrected chi connectivity index (χ3v) is 3.59. The lowest BCUT2D eigenvalue weighted by Crippen LogP contribution is -2.05. The lowest BCUT2D eigenvalue weighted by molar-refractivity contribution is 0.300. The van der Waals surface area contributed by atoms with Crippen molar-refractivity contribution in [3.8, 4) is 5.75 Å². The summed E-state index contributed by atoms with van der Waals surface area (Å²) in [7, 11) is 0. The Morgan fingerprint density at radius 2 is 2.24 bits per heavy atom. The van der Waals surface area contributed by atoms with E-state index in [0.29, 0.717) is 17.5 Å². The second kappa shape index (κ2) is 5.74. The topological polar surface area (TPSA) is 35.2 Å². The second-order valence-corrected chi connectivity index (χ2v) is 5.33. The molecule has 0 amide bonds. The third kappa shape index (κ3) is 3.62. The van der Waals surface area contributed by atoms with Gasteiger partial charge in [0.25, 0.3) is 0 Å². The van der Waals surface area contributed by atoms with E-state index in [4.69, 9.17) is 22.1 Å². The van der Waals surface area contributed by atoms with Crippen molar-refractivity contribution in [1.82, 2.24) is 0 Å². The molecule has 0 saturated heterocycles. The summed E-state index contributed by atoms with van der Waals surface area (Å²) in [5, 5.41) is 0.715. The van der Waals surface area contributed by atoms with Gasteiger partial charge in [-0.3, -0.25) is 0 Å². The van der Waals surface area contributed by atoms with Gasteiger partial charge in [0.15, 0.2) is 0 Å². The van der Waals surface area contributed by atoms with Crippen LogP contribution in [0.5, 0.6) is 5.75 Å². The Labute approximate surface area is 108 Å². The fourth-order valence-corrected chi connectivity index (χ4v) is 2.09. The Kier molecular flexibility index (Phi) is 4.30. The smallest absolute Gasteiger partial charge is 0.137 e. The maximum Gasteiger partial charge on any atom is 0.137 e. The van der Waals surface area contributed by atoms with Gasteiger partial charge in [-0.05, 0) is 55.3 Å². The molecule has 1 fully saturated rings.